The molecule has 1 aliphatic heterocycles. The molecule has 38 heavy (non-hydrogen) atoms. The molecule has 0 bridgehead atoms. The number of halogens is 1. The summed E-state index contributed by atoms with van der Waals surface area (Å²) < 4.78 is 19.3. The van der Waals surface area contributed by atoms with Gasteiger partial charge in [-0.25, -0.2) is 18.7 Å². The van der Waals surface area contributed by atoms with Gasteiger partial charge in [-0.05, 0) is 58.0 Å². The molecule has 2 fully saturated rings. The molecule has 10 nitrogen and oxygen atoms in total. The molecule has 1 N–H and O–H groups in total. The van der Waals surface area contributed by atoms with E-state index in [9.17, 15) is 14.0 Å². The Hall–Kier alpha value is -3.99. The number of nitrogens with zero attached hydrogens (tertiary/aromatic N) is 7. The average molecular weight is 519 g/mol. The highest BCUT2D eigenvalue weighted by Crippen LogP contribution is 2.35. The van der Waals surface area contributed by atoms with E-state index in [1.807, 2.05) is 26.0 Å². The number of rotatable bonds is 6. The molecule has 1 saturated carbocycles. The van der Waals surface area contributed by atoms with Crippen molar-refractivity contribution in [3.8, 4) is 5.69 Å². The summed E-state index contributed by atoms with van der Waals surface area (Å²) in [6.07, 6.45) is 4.79. The minimum absolute atomic E-state index is 0.00211. The molecule has 0 unspecified atom stereocenters. The van der Waals surface area contributed by atoms with Crippen LogP contribution in [0.15, 0.2) is 52.3 Å². The first-order valence-electron chi connectivity index (χ1n) is 13.0. The lowest BCUT2D eigenvalue weighted by Crippen LogP contribution is -2.44. The van der Waals surface area contributed by atoms with E-state index in [0.29, 0.717) is 22.7 Å². The van der Waals surface area contributed by atoms with Crippen LogP contribution < -0.4 is 21.3 Å². The second kappa shape index (κ2) is 9.39. The third kappa shape index (κ3) is 4.36. The van der Waals surface area contributed by atoms with Crippen molar-refractivity contribution in [2.75, 3.05) is 43.4 Å². The summed E-state index contributed by atoms with van der Waals surface area (Å²) in [5.74, 6) is -0.551. The van der Waals surface area contributed by atoms with Gasteiger partial charge in [0.2, 0.25) is 5.95 Å². The zero-order chi connectivity index (χ0) is 26.6. The van der Waals surface area contributed by atoms with E-state index in [-0.39, 0.29) is 17.6 Å². The quantitative estimate of drug-likeness (QED) is 0.419. The zero-order valence-electron chi connectivity index (χ0n) is 21.8. The monoisotopic (exact) mass is 518 g/mol. The van der Waals surface area contributed by atoms with E-state index >= 15 is 0 Å². The molecule has 11 heteroatoms. The van der Waals surface area contributed by atoms with E-state index in [2.05, 4.69) is 44.3 Å². The van der Waals surface area contributed by atoms with E-state index < -0.39 is 11.4 Å². The fourth-order valence-corrected chi connectivity index (χ4v) is 4.96. The number of piperazine rings is 1. The van der Waals surface area contributed by atoms with Gasteiger partial charge in [-0.1, -0.05) is 0 Å². The van der Waals surface area contributed by atoms with Crippen LogP contribution in [0.2, 0.25) is 0 Å². The van der Waals surface area contributed by atoms with Crippen LogP contribution in [-0.2, 0) is 0 Å². The van der Waals surface area contributed by atoms with Gasteiger partial charge < -0.3 is 19.7 Å². The summed E-state index contributed by atoms with van der Waals surface area (Å²) in [6.45, 7) is 7.67. The zero-order valence-corrected chi connectivity index (χ0v) is 21.8. The number of fused-ring (bicyclic) bond motifs is 1. The lowest BCUT2D eigenvalue weighted by atomic mass is 10.2. The molecule has 3 aromatic heterocycles. The van der Waals surface area contributed by atoms with Gasteiger partial charge in [-0.15, -0.1) is 0 Å². The summed E-state index contributed by atoms with van der Waals surface area (Å²) in [5, 5.41) is 3.58. The maximum Gasteiger partial charge on any atom is 0.286 e. The van der Waals surface area contributed by atoms with Gasteiger partial charge in [0.1, 0.15) is 5.39 Å². The minimum atomic E-state index is -0.874. The molecule has 0 radical (unpaired) electrons. The van der Waals surface area contributed by atoms with Crippen molar-refractivity contribution in [2.24, 2.45) is 0 Å². The highest BCUT2D eigenvalue weighted by atomic mass is 19.1. The van der Waals surface area contributed by atoms with Gasteiger partial charge in [0.15, 0.2) is 11.5 Å². The largest absolute Gasteiger partial charge is 0.369 e. The highest BCUT2D eigenvalue weighted by Gasteiger charge is 2.31. The van der Waals surface area contributed by atoms with Crippen molar-refractivity contribution in [1.29, 1.82) is 0 Å². The first kappa shape index (κ1) is 24.4. The van der Waals surface area contributed by atoms with Gasteiger partial charge in [0, 0.05) is 62.1 Å². The molecular weight excluding hydrogens is 487 g/mol. The van der Waals surface area contributed by atoms with Crippen LogP contribution in [0.25, 0.3) is 16.7 Å². The van der Waals surface area contributed by atoms with Gasteiger partial charge in [-0.2, -0.15) is 4.98 Å². The van der Waals surface area contributed by atoms with Gasteiger partial charge in [0.05, 0.1) is 11.7 Å². The summed E-state index contributed by atoms with van der Waals surface area (Å²) in [6, 6.07) is 9.03. The predicted octanol–water partition coefficient (Wildman–Crippen LogP) is 3.29. The summed E-state index contributed by atoms with van der Waals surface area (Å²) >= 11 is 0. The average Bonchev–Trinajstić information content (AvgIpc) is 3.70. The number of aromatic nitrogens is 5. The number of hydrogen-bond donors (Lipinski definition) is 1. The molecule has 1 aromatic carbocycles. The molecule has 198 valence electrons. The lowest BCUT2D eigenvalue weighted by molar-refractivity contribution is 0.313. The highest BCUT2D eigenvalue weighted by molar-refractivity contribution is 5.77. The first-order valence-corrected chi connectivity index (χ1v) is 13.0. The topological polar surface area (TPSA) is 93.2 Å². The molecular formula is C27H31FN8O2. The fourth-order valence-electron chi connectivity index (χ4n) is 4.96. The summed E-state index contributed by atoms with van der Waals surface area (Å²) in [5.41, 5.74) is 1.79. The Kier molecular flexibility index (Phi) is 6.02. The fraction of sp³-hybridized carbons (Fsp3) is 0.407. The van der Waals surface area contributed by atoms with E-state index in [1.54, 1.807) is 15.6 Å². The molecule has 1 saturated heterocycles. The van der Waals surface area contributed by atoms with Crippen molar-refractivity contribution in [1.82, 2.24) is 28.8 Å². The second-order valence-corrected chi connectivity index (χ2v) is 10.4. The number of hydrogen-bond acceptors (Lipinski definition) is 7. The normalized spacial score (nSPS) is 16.5. The lowest BCUT2D eigenvalue weighted by Gasteiger charge is -2.34. The Morgan fingerprint density at radius 3 is 2.37 bits per heavy atom. The van der Waals surface area contributed by atoms with Crippen molar-refractivity contribution < 1.29 is 4.39 Å². The number of likely N-dealkylation sites (N-methyl/N-ethyl adjacent to an activating group) is 1. The molecule has 0 amide bonds. The number of benzene rings is 1. The van der Waals surface area contributed by atoms with Crippen molar-refractivity contribution in [2.45, 2.75) is 38.8 Å². The Bertz CT molecular complexity index is 1610. The molecule has 0 atom stereocenters. The molecule has 4 heterocycles. The standard InChI is InChI=1S/C27H31FN8O2/c1-17(2)34-16-21(14-23(28)26(34)38)35-24-22(25(37)36(35)20-8-9-20)15-29-27(31-24)30-18-4-6-19(7-5-18)33-12-10-32(3)11-13-33/h4-7,14-17,20H,8-13H2,1-3H3,(H,29,30,31). The number of anilines is 3. The van der Waals surface area contributed by atoms with E-state index in [0.717, 1.165) is 50.4 Å². The van der Waals surface area contributed by atoms with E-state index in [1.165, 1.54) is 16.8 Å². The van der Waals surface area contributed by atoms with Gasteiger partial charge in [-0.3, -0.25) is 9.59 Å². The molecule has 1 aliphatic carbocycles. The van der Waals surface area contributed by atoms with Crippen LogP contribution in [0.3, 0.4) is 0 Å². The van der Waals surface area contributed by atoms with Gasteiger partial charge in [0.25, 0.3) is 11.1 Å². The molecule has 4 aromatic rings. The molecule has 2 aliphatic rings. The minimum Gasteiger partial charge on any atom is -0.369 e. The molecule has 6 rings (SSSR count). The number of nitrogens with one attached hydrogen (secondary N) is 1. The van der Waals surface area contributed by atoms with Crippen LogP contribution in [0.4, 0.5) is 21.7 Å². The van der Waals surface area contributed by atoms with Crippen molar-refractivity contribution in [3.05, 3.63) is 69.3 Å². The maximum atomic E-state index is 14.7. The Morgan fingerprint density at radius 1 is 1.00 bits per heavy atom. The molecule has 0 spiro atoms. The van der Waals surface area contributed by atoms with Crippen LogP contribution in [0, 0.1) is 5.82 Å². The van der Waals surface area contributed by atoms with Crippen LogP contribution in [0.1, 0.15) is 38.8 Å². The van der Waals surface area contributed by atoms with Crippen LogP contribution in [0.5, 0.6) is 0 Å². The van der Waals surface area contributed by atoms with Gasteiger partial charge >= 0.3 is 0 Å². The Balaban J connectivity index is 1.38. The third-order valence-electron chi connectivity index (χ3n) is 7.29. The van der Waals surface area contributed by atoms with Crippen LogP contribution >= 0.6 is 0 Å². The number of pyridine rings is 1. The maximum absolute atomic E-state index is 14.7. The smallest absolute Gasteiger partial charge is 0.286 e. The predicted molar refractivity (Wildman–Crippen MR) is 145 cm³/mol. The van der Waals surface area contributed by atoms with E-state index in [4.69, 9.17) is 0 Å². The first-order chi connectivity index (χ1) is 18.3. The second-order valence-electron chi connectivity index (χ2n) is 10.4. The Morgan fingerprint density at radius 2 is 1.71 bits per heavy atom. The van der Waals surface area contributed by atoms with Crippen molar-refractivity contribution in [3.63, 3.8) is 0 Å². The van der Waals surface area contributed by atoms with Crippen molar-refractivity contribution >= 4 is 28.4 Å². The third-order valence-corrected chi connectivity index (χ3v) is 7.29. The summed E-state index contributed by atoms with van der Waals surface area (Å²) in [4.78, 5) is 39.4. The SMILES string of the molecule is CC(C)n1cc(-n2c3nc(Nc4ccc(N5CCN(C)CC5)cc4)ncc3c(=O)n2C2CC2)cc(F)c1=O. The van der Waals surface area contributed by atoms with Crippen LogP contribution in [-0.4, -0.2) is 62.0 Å². The summed E-state index contributed by atoms with van der Waals surface area (Å²) in [7, 11) is 2.14. The Labute approximate surface area is 218 Å².